The molecule has 0 rings (SSSR count). The molecule has 0 aromatic carbocycles. The van der Waals surface area contributed by atoms with Gasteiger partial charge in [-0.1, -0.05) is 6.42 Å². The van der Waals surface area contributed by atoms with Gasteiger partial charge in [0.1, 0.15) is 16.3 Å². The van der Waals surface area contributed by atoms with Crippen molar-refractivity contribution in [3.8, 4) is 0 Å². The van der Waals surface area contributed by atoms with Crippen LogP contribution in [0.5, 0.6) is 0 Å². The van der Waals surface area contributed by atoms with Gasteiger partial charge in [-0.3, -0.25) is 4.72 Å². The molecule has 0 atom stereocenters. The van der Waals surface area contributed by atoms with E-state index in [1.54, 1.807) is 20.1 Å². The average Bonchev–Trinajstić information content (AvgIpc) is 1.89. The van der Waals surface area contributed by atoms with E-state index in [0.717, 1.165) is 6.54 Å². The number of hydrogen-bond acceptors (Lipinski definition) is 3. The van der Waals surface area contributed by atoms with Crippen LogP contribution in [0.4, 0.5) is 0 Å². The van der Waals surface area contributed by atoms with Crippen molar-refractivity contribution in [3.05, 3.63) is 0 Å². The zero-order valence-corrected chi connectivity index (χ0v) is 9.24. The van der Waals surface area contributed by atoms with E-state index in [-0.39, 0.29) is 0 Å². The van der Waals surface area contributed by atoms with Crippen molar-refractivity contribution in [2.75, 3.05) is 6.54 Å². The minimum Gasteiger partial charge on any atom is -0.256 e. The van der Waals surface area contributed by atoms with Crippen molar-refractivity contribution in [2.45, 2.75) is 18.1 Å². The first-order chi connectivity index (χ1) is 4.41. The summed E-state index contributed by atoms with van der Waals surface area (Å²) >= 11 is 5.32. The second-order valence-electron chi connectivity index (χ2n) is 1.57. The lowest BCUT2D eigenvalue weighted by atomic mass is 10.3. The van der Waals surface area contributed by atoms with Crippen LogP contribution in [-0.2, 0) is 0 Å². The Kier molecular flexibility index (Phi) is 11.6. The lowest BCUT2D eigenvalue weighted by Crippen LogP contribution is -2.02. The number of hydrogen-bond donors (Lipinski definition) is 1. The normalized spacial score (nSPS) is 9.78. The second-order valence-corrected chi connectivity index (χ2v) is 5.60. The first kappa shape index (κ1) is 10.7. The van der Waals surface area contributed by atoms with Crippen molar-refractivity contribution in [3.63, 3.8) is 0 Å². The average molecular weight is 189 g/mol. The number of nitrogens with one attached hydrogen (secondary N) is 1. The summed E-state index contributed by atoms with van der Waals surface area (Å²) in [6.45, 7) is 1.13. The van der Waals surface area contributed by atoms with Crippen LogP contribution in [0, 0.1) is 0 Å². The topological polar surface area (TPSA) is 12.0 Å². The first-order valence-corrected chi connectivity index (χ1v) is 7.31. The Morgan fingerprint density at radius 1 is 1.33 bits per heavy atom. The van der Waals surface area contributed by atoms with Crippen LogP contribution in [0.25, 0.3) is 0 Å². The Bertz CT molecular complexity index is 49.8. The highest BCUT2D eigenvalue weighted by Crippen LogP contribution is 2.09. The van der Waals surface area contributed by atoms with E-state index in [9.17, 15) is 0 Å². The van der Waals surface area contributed by atoms with E-state index in [1.807, 2.05) is 0 Å². The summed E-state index contributed by atoms with van der Waals surface area (Å²) < 4.78 is 3.22. The summed E-state index contributed by atoms with van der Waals surface area (Å²) in [5.41, 5.74) is 0. The van der Waals surface area contributed by atoms with Crippen molar-refractivity contribution in [2.24, 2.45) is 0 Å². The predicted molar refractivity (Wildman–Crippen MR) is 48.7 cm³/mol. The maximum absolute atomic E-state index is 3.22. The van der Waals surface area contributed by atoms with Crippen LogP contribution in [0.15, 0.2) is 0 Å². The third kappa shape index (κ3) is 9.72. The van der Waals surface area contributed by atoms with E-state index < -0.39 is 0 Å². The van der Waals surface area contributed by atoms with Crippen LogP contribution >= 0.6 is 20.1 Å². The van der Waals surface area contributed by atoms with Gasteiger partial charge in [-0.25, -0.2) is 9.16 Å². The monoisotopic (exact) mass is 189 g/mol. The fourth-order valence-electron chi connectivity index (χ4n) is 0.417. The zero-order chi connectivity index (χ0) is 6.95. The molecule has 48 valence electrons. The molecule has 0 unspecified atom stereocenters. The molecule has 0 aromatic rings. The lowest BCUT2D eigenvalue weighted by Gasteiger charge is -1.99. The van der Waals surface area contributed by atoms with Crippen LogP contribution < -0.4 is 4.72 Å². The van der Waals surface area contributed by atoms with Gasteiger partial charge in [0.05, 0.1) is 0 Å². The smallest absolute Gasteiger partial charge is 0.254 e. The summed E-state index contributed by atoms with van der Waals surface area (Å²) in [5, 5.41) is 1.22. The lowest BCUT2D eigenvalue weighted by molar-refractivity contribution is 0.777. The Labute approximate surface area is 80.5 Å². The molecule has 0 heterocycles. The Morgan fingerprint density at radius 3 is 2.67 bits per heavy atom. The van der Waals surface area contributed by atoms with Crippen LogP contribution in [0.2, 0.25) is 5.28 Å². The van der Waals surface area contributed by atoms with Gasteiger partial charge >= 0.3 is 0 Å². The number of rotatable bonds is 6. The van der Waals surface area contributed by atoms with Gasteiger partial charge in [0, 0.05) is 6.54 Å². The highest BCUT2D eigenvalue weighted by molar-refractivity contribution is 8.83. The molecule has 0 aromatic heterocycles. The predicted octanol–water partition coefficient (Wildman–Crippen LogP) is 1.32. The molecule has 4 radical (unpaired) electrons. The molecule has 0 amide bonds. The van der Waals surface area contributed by atoms with E-state index in [0.29, 0.717) is 0 Å². The highest BCUT2D eigenvalue weighted by Gasteiger charge is 1.83. The molecule has 0 aliphatic carbocycles. The molecular weight excluding hydrogens is 180 g/mol. The number of unbranched alkanes of at least 4 members (excludes halogenated alkanes) is 1. The van der Waals surface area contributed by atoms with Gasteiger partial charge in [-0.2, -0.15) is 0 Å². The fourth-order valence-corrected chi connectivity index (χ4v) is 2.07. The van der Waals surface area contributed by atoms with E-state index in [4.69, 9.17) is 0 Å². The minimum absolute atomic E-state index is 1.13. The van der Waals surface area contributed by atoms with Crippen LogP contribution in [0.3, 0.4) is 0 Å². The first-order valence-electron chi connectivity index (χ1n) is 2.87. The zero-order valence-electron chi connectivity index (χ0n) is 5.30. The van der Waals surface area contributed by atoms with E-state index in [1.165, 1.54) is 18.1 Å². The minimum atomic E-state index is 1.13. The maximum atomic E-state index is 3.22. The van der Waals surface area contributed by atoms with Gasteiger partial charge in [-0.05, 0) is 17.4 Å². The van der Waals surface area contributed by atoms with Gasteiger partial charge < -0.3 is 0 Å². The van der Waals surface area contributed by atoms with Crippen LogP contribution in [-0.4, -0.2) is 38.0 Å². The van der Waals surface area contributed by atoms with Gasteiger partial charge in [-0.15, -0.1) is 5.28 Å². The van der Waals surface area contributed by atoms with E-state index >= 15 is 0 Å². The Morgan fingerprint density at radius 2 is 2.11 bits per heavy atom. The summed E-state index contributed by atoms with van der Waals surface area (Å²) in [7, 11) is 3.36. The van der Waals surface area contributed by atoms with Gasteiger partial charge in [0.25, 0.3) is 15.2 Å². The summed E-state index contributed by atoms with van der Waals surface area (Å²) in [5.74, 6) is 0. The Hall–Kier alpha value is 1.72. The second kappa shape index (κ2) is 9.72. The summed E-state index contributed by atoms with van der Waals surface area (Å²) in [4.78, 5) is 0. The molecule has 0 fully saturated rings. The van der Waals surface area contributed by atoms with Crippen molar-refractivity contribution < 1.29 is 0 Å². The standard InChI is InChI=1S/C4H10NS2.2Al/c1-2-3-4-5-7-6;;/h5-6H,1-4H2;;/q;;+1/p-1. The molecule has 5 heteroatoms. The molecule has 0 aliphatic rings. The SMILES string of the molecule is [Al][CH2]CCCNS[S][Al]. The van der Waals surface area contributed by atoms with Crippen molar-refractivity contribution in [1.82, 2.24) is 4.72 Å². The molecule has 0 spiro atoms. The van der Waals surface area contributed by atoms with Crippen LogP contribution in [0.1, 0.15) is 12.8 Å². The molecule has 0 aliphatic heterocycles. The fraction of sp³-hybridized carbons (Fsp3) is 1.00. The Balaban J connectivity index is 2.60. The molecule has 0 saturated heterocycles. The molecule has 0 saturated carbocycles. The maximum Gasteiger partial charge on any atom is 0.254 e. The molecule has 9 heavy (non-hydrogen) atoms. The van der Waals surface area contributed by atoms with Crippen molar-refractivity contribution in [1.29, 1.82) is 0 Å². The third-order valence-corrected chi connectivity index (χ3v) is 3.17. The third-order valence-electron chi connectivity index (χ3n) is 0.840. The molecule has 0 bridgehead atoms. The highest BCUT2D eigenvalue weighted by atomic mass is 33.2. The quantitative estimate of drug-likeness (QED) is 0.293. The molecular formula is C4H9Al2NS2. The van der Waals surface area contributed by atoms with Gasteiger partial charge in [0.15, 0.2) is 0 Å². The molecule has 1 nitrogen and oxygen atoms in total. The summed E-state index contributed by atoms with van der Waals surface area (Å²) in [6, 6.07) is 0. The van der Waals surface area contributed by atoms with Gasteiger partial charge in [0.2, 0.25) is 0 Å². The largest absolute Gasteiger partial charge is 0.256 e. The summed E-state index contributed by atoms with van der Waals surface area (Å²) in [6.07, 6.45) is 2.58. The molecule has 1 N–H and O–H groups in total. The van der Waals surface area contributed by atoms with E-state index in [2.05, 4.69) is 36.2 Å². The van der Waals surface area contributed by atoms with Crippen molar-refractivity contribution >= 4 is 51.6 Å².